The molecular weight excluding hydrogens is 207 g/mol. The predicted molar refractivity (Wildman–Crippen MR) is 43.7 cm³/mol. The van der Waals surface area contributed by atoms with Gasteiger partial charge in [-0.25, -0.2) is 0 Å². The maximum Gasteiger partial charge on any atom is 0.139 e. The van der Waals surface area contributed by atoms with E-state index in [0.29, 0.717) is 12.3 Å². The minimum Gasteiger partial charge on any atom is -0.409 e. The smallest absolute Gasteiger partial charge is 0.139 e. The molecule has 0 spiro atoms. The molecule has 5 heteroatoms. The lowest BCUT2D eigenvalue weighted by Crippen LogP contribution is -2.10. The first kappa shape index (κ1) is 11.8. The largest absolute Gasteiger partial charge is 0.409 e. The third kappa shape index (κ3) is 8.04. The zero-order chi connectivity index (χ0) is 6.41. The molecule has 3 nitrogen and oxygen atoms in total. The van der Waals surface area contributed by atoms with Crippen molar-refractivity contribution in [3.8, 4) is 0 Å². The molecule has 0 radical (unpaired) electrons. The summed E-state index contributed by atoms with van der Waals surface area (Å²) in [6.45, 7) is 0. The fraction of sp³-hybridized carbons (Fsp3) is 0.750. The maximum atomic E-state index is 8.01. The van der Waals surface area contributed by atoms with Gasteiger partial charge >= 0.3 is 0 Å². The molecule has 0 amide bonds. The second-order valence-electron chi connectivity index (χ2n) is 1.38. The van der Waals surface area contributed by atoms with Gasteiger partial charge in [-0.1, -0.05) is 21.1 Å². The van der Waals surface area contributed by atoms with Crippen LogP contribution in [-0.4, -0.2) is 16.4 Å². The zero-order valence-corrected chi connectivity index (χ0v) is 7.28. The van der Waals surface area contributed by atoms with Gasteiger partial charge in [0.15, 0.2) is 0 Å². The molecule has 0 aromatic heterocycles. The van der Waals surface area contributed by atoms with E-state index in [0.717, 1.165) is 11.8 Å². The van der Waals surface area contributed by atoms with Crippen molar-refractivity contribution in [2.75, 3.05) is 5.33 Å². The standard InChI is InChI=1S/C4H9BrN2O.ClH/c5-3-1-2-4(6)7-8;/h8H,1-3H2,(H2,6,7);1H. The fourth-order valence-electron chi connectivity index (χ4n) is 0.298. The molecule has 9 heavy (non-hydrogen) atoms. The van der Waals surface area contributed by atoms with Crippen molar-refractivity contribution in [2.45, 2.75) is 12.8 Å². The lowest BCUT2D eigenvalue weighted by molar-refractivity contribution is 0.317. The first-order valence-corrected chi connectivity index (χ1v) is 3.45. The molecule has 0 fully saturated rings. The Balaban J connectivity index is 0. The molecule has 0 bridgehead atoms. The van der Waals surface area contributed by atoms with Crippen molar-refractivity contribution in [1.29, 1.82) is 0 Å². The SMILES string of the molecule is Cl.NC(CCCBr)=NO. The molecule has 0 saturated carbocycles. The van der Waals surface area contributed by atoms with E-state index < -0.39 is 0 Å². The van der Waals surface area contributed by atoms with Crippen LogP contribution in [0.2, 0.25) is 0 Å². The van der Waals surface area contributed by atoms with E-state index in [2.05, 4.69) is 21.1 Å². The number of nitrogens with zero attached hydrogens (tertiary/aromatic N) is 1. The number of alkyl halides is 1. The zero-order valence-electron chi connectivity index (χ0n) is 4.88. The lowest BCUT2D eigenvalue weighted by Gasteiger charge is -1.91. The minimum atomic E-state index is 0. The van der Waals surface area contributed by atoms with E-state index in [9.17, 15) is 0 Å². The maximum absolute atomic E-state index is 8.01. The highest BCUT2D eigenvalue weighted by Gasteiger charge is 1.88. The molecule has 0 aliphatic rings. The summed E-state index contributed by atoms with van der Waals surface area (Å²) in [5.74, 6) is 0.296. The van der Waals surface area contributed by atoms with Crippen molar-refractivity contribution in [3.05, 3.63) is 0 Å². The van der Waals surface area contributed by atoms with Crippen molar-refractivity contribution < 1.29 is 5.21 Å². The summed E-state index contributed by atoms with van der Waals surface area (Å²) in [5, 5.41) is 11.7. The highest BCUT2D eigenvalue weighted by atomic mass is 79.9. The summed E-state index contributed by atoms with van der Waals surface area (Å²) in [6, 6.07) is 0. The van der Waals surface area contributed by atoms with Gasteiger partial charge in [0.2, 0.25) is 0 Å². The van der Waals surface area contributed by atoms with Gasteiger partial charge < -0.3 is 10.9 Å². The second kappa shape index (κ2) is 8.04. The monoisotopic (exact) mass is 216 g/mol. The van der Waals surface area contributed by atoms with Crippen LogP contribution in [0.1, 0.15) is 12.8 Å². The van der Waals surface area contributed by atoms with Crippen molar-refractivity contribution in [3.63, 3.8) is 0 Å². The molecule has 0 rings (SSSR count). The number of rotatable bonds is 3. The van der Waals surface area contributed by atoms with Gasteiger partial charge in [-0.2, -0.15) is 0 Å². The molecule has 0 atom stereocenters. The van der Waals surface area contributed by atoms with E-state index in [-0.39, 0.29) is 12.4 Å². The number of hydrogen-bond donors (Lipinski definition) is 2. The van der Waals surface area contributed by atoms with Crippen molar-refractivity contribution >= 4 is 34.2 Å². The van der Waals surface area contributed by atoms with Gasteiger partial charge in [-0.15, -0.1) is 12.4 Å². The van der Waals surface area contributed by atoms with Crippen LogP contribution in [0.5, 0.6) is 0 Å². The Bertz CT molecular complexity index is 88.6. The molecule has 0 aromatic rings. The van der Waals surface area contributed by atoms with Crippen LogP contribution < -0.4 is 5.73 Å². The first-order valence-electron chi connectivity index (χ1n) is 2.33. The highest BCUT2D eigenvalue weighted by Crippen LogP contribution is 1.92. The lowest BCUT2D eigenvalue weighted by atomic mass is 10.3. The van der Waals surface area contributed by atoms with Crippen LogP contribution in [0.15, 0.2) is 5.16 Å². The van der Waals surface area contributed by atoms with E-state index in [4.69, 9.17) is 10.9 Å². The van der Waals surface area contributed by atoms with E-state index >= 15 is 0 Å². The summed E-state index contributed by atoms with van der Waals surface area (Å²) < 4.78 is 0. The van der Waals surface area contributed by atoms with E-state index in [1.807, 2.05) is 0 Å². The Morgan fingerprint density at radius 2 is 2.22 bits per heavy atom. The van der Waals surface area contributed by atoms with Crippen LogP contribution >= 0.6 is 28.3 Å². The summed E-state index contributed by atoms with van der Waals surface area (Å²) in [4.78, 5) is 0. The highest BCUT2D eigenvalue weighted by molar-refractivity contribution is 9.09. The Morgan fingerprint density at radius 1 is 1.67 bits per heavy atom. The molecule has 0 unspecified atom stereocenters. The number of oxime groups is 1. The molecule has 0 aliphatic carbocycles. The van der Waals surface area contributed by atoms with Gasteiger partial charge in [0.05, 0.1) is 0 Å². The van der Waals surface area contributed by atoms with Crippen LogP contribution in [-0.2, 0) is 0 Å². The average molecular weight is 217 g/mol. The number of nitrogens with two attached hydrogens (primary N) is 1. The Labute approximate surface area is 68.8 Å². The Kier molecular flexibility index (Phi) is 10.5. The average Bonchev–Trinajstić information content (AvgIpc) is 1.83. The van der Waals surface area contributed by atoms with Crippen LogP contribution in [0.3, 0.4) is 0 Å². The summed E-state index contributed by atoms with van der Waals surface area (Å²) >= 11 is 3.21. The fourth-order valence-corrected chi connectivity index (χ4v) is 0.578. The third-order valence-electron chi connectivity index (χ3n) is 0.695. The van der Waals surface area contributed by atoms with E-state index in [1.165, 1.54) is 0 Å². The number of amidine groups is 1. The summed E-state index contributed by atoms with van der Waals surface area (Å²) in [7, 11) is 0. The molecule has 0 heterocycles. The van der Waals surface area contributed by atoms with E-state index in [1.54, 1.807) is 0 Å². The summed E-state index contributed by atoms with van der Waals surface area (Å²) in [6.07, 6.45) is 1.57. The van der Waals surface area contributed by atoms with Crippen molar-refractivity contribution in [2.24, 2.45) is 10.9 Å². The van der Waals surface area contributed by atoms with Gasteiger partial charge in [0.1, 0.15) is 5.84 Å². The number of hydrogen-bond acceptors (Lipinski definition) is 2. The van der Waals surface area contributed by atoms with Crippen molar-refractivity contribution in [1.82, 2.24) is 0 Å². The molecular formula is C4H10BrClN2O. The van der Waals surface area contributed by atoms with Gasteiger partial charge in [-0.3, -0.25) is 0 Å². The Morgan fingerprint density at radius 3 is 2.56 bits per heavy atom. The second-order valence-corrected chi connectivity index (χ2v) is 2.18. The normalized spacial score (nSPS) is 10.6. The van der Waals surface area contributed by atoms with Gasteiger partial charge in [0, 0.05) is 11.8 Å². The molecule has 0 aliphatic heterocycles. The predicted octanol–water partition coefficient (Wildman–Crippen LogP) is 1.33. The third-order valence-corrected chi connectivity index (χ3v) is 1.26. The molecule has 3 N–H and O–H groups in total. The van der Waals surface area contributed by atoms with Crippen LogP contribution in [0, 0.1) is 0 Å². The first-order chi connectivity index (χ1) is 3.81. The van der Waals surface area contributed by atoms with Crippen LogP contribution in [0.4, 0.5) is 0 Å². The van der Waals surface area contributed by atoms with Crippen LogP contribution in [0.25, 0.3) is 0 Å². The van der Waals surface area contributed by atoms with Gasteiger partial charge in [0.25, 0.3) is 0 Å². The quantitative estimate of drug-likeness (QED) is 0.246. The Hall–Kier alpha value is 0.0400. The van der Waals surface area contributed by atoms with Gasteiger partial charge in [-0.05, 0) is 6.42 Å². The molecule has 0 saturated heterocycles. The topological polar surface area (TPSA) is 58.6 Å². The molecule has 56 valence electrons. The number of halogens is 2. The minimum absolute atomic E-state index is 0. The summed E-state index contributed by atoms with van der Waals surface area (Å²) in [5.41, 5.74) is 5.14. The molecule has 0 aromatic carbocycles.